The first-order valence-corrected chi connectivity index (χ1v) is 11.1. The van der Waals surface area contributed by atoms with Gasteiger partial charge in [-0.1, -0.05) is 0 Å². The number of morpholine rings is 1. The zero-order valence-corrected chi connectivity index (χ0v) is 19.8. The Kier molecular flexibility index (Phi) is 9.58. The van der Waals surface area contributed by atoms with Crippen molar-refractivity contribution in [2.45, 2.75) is 59.2 Å². The van der Waals surface area contributed by atoms with Gasteiger partial charge >= 0.3 is 0 Å². The molecular formula is C23H39N5O3. The minimum absolute atomic E-state index is 0.0487. The molecule has 1 aromatic carbocycles. The van der Waals surface area contributed by atoms with Gasteiger partial charge in [-0.05, 0) is 65.8 Å². The van der Waals surface area contributed by atoms with E-state index in [0.29, 0.717) is 18.5 Å². The summed E-state index contributed by atoms with van der Waals surface area (Å²) in [4.78, 5) is 19.1. The number of benzene rings is 1. The van der Waals surface area contributed by atoms with E-state index in [0.717, 1.165) is 37.7 Å². The van der Waals surface area contributed by atoms with Crippen LogP contribution in [0.15, 0.2) is 29.3 Å². The lowest BCUT2D eigenvalue weighted by Gasteiger charge is -2.32. The number of amides is 1. The van der Waals surface area contributed by atoms with Gasteiger partial charge < -0.3 is 25.4 Å². The van der Waals surface area contributed by atoms with Gasteiger partial charge in [0, 0.05) is 36.9 Å². The average Bonchev–Trinajstić information content (AvgIpc) is 2.70. The summed E-state index contributed by atoms with van der Waals surface area (Å²) in [5.41, 5.74) is 0.586. The van der Waals surface area contributed by atoms with E-state index >= 15 is 0 Å². The van der Waals surface area contributed by atoms with Crippen LogP contribution in [0.25, 0.3) is 0 Å². The first-order valence-electron chi connectivity index (χ1n) is 11.1. The Morgan fingerprint density at radius 1 is 1.16 bits per heavy atom. The SMILES string of the molecule is CC(C)Oc1ccc(NC(=NCC(=O)NC(C)(C)C)NCC(C)N2CCOCC2)cc1. The van der Waals surface area contributed by atoms with Gasteiger partial charge in [0.2, 0.25) is 5.91 Å². The van der Waals surface area contributed by atoms with Crippen LogP contribution in [0.2, 0.25) is 0 Å². The Balaban J connectivity index is 2.01. The van der Waals surface area contributed by atoms with E-state index in [-0.39, 0.29) is 24.1 Å². The highest BCUT2D eigenvalue weighted by Crippen LogP contribution is 2.17. The Labute approximate surface area is 186 Å². The van der Waals surface area contributed by atoms with Crippen LogP contribution in [-0.4, -0.2) is 73.8 Å². The lowest BCUT2D eigenvalue weighted by molar-refractivity contribution is -0.121. The van der Waals surface area contributed by atoms with Crippen LogP contribution in [0.1, 0.15) is 41.5 Å². The second kappa shape index (κ2) is 11.9. The molecule has 1 saturated heterocycles. The van der Waals surface area contributed by atoms with Crippen molar-refractivity contribution in [1.82, 2.24) is 15.5 Å². The van der Waals surface area contributed by atoms with Crippen LogP contribution in [0.5, 0.6) is 5.75 Å². The highest BCUT2D eigenvalue weighted by atomic mass is 16.5. The molecule has 0 saturated carbocycles. The van der Waals surface area contributed by atoms with E-state index in [1.807, 2.05) is 58.9 Å². The second-order valence-corrected chi connectivity index (χ2v) is 9.16. The van der Waals surface area contributed by atoms with Gasteiger partial charge in [-0.15, -0.1) is 0 Å². The Bertz CT molecular complexity index is 707. The van der Waals surface area contributed by atoms with Gasteiger partial charge in [0.05, 0.1) is 19.3 Å². The lowest BCUT2D eigenvalue weighted by Crippen LogP contribution is -2.48. The maximum absolute atomic E-state index is 12.2. The lowest BCUT2D eigenvalue weighted by atomic mass is 10.1. The predicted octanol–water partition coefficient (Wildman–Crippen LogP) is 2.47. The summed E-state index contributed by atoms with van der Waals surface area (Å²) in [7, 11) is 0. The molecule has 8 nitrogen and oxygen atoms in total. The molecule has 174 valence electrons. The molecule has 1 heterocycles. The third kappa shape index (κ3) is 10.0. The van der Waals surface area contributed by atoms with E-state index < -0.39 is 0 Å². The van der Waals surface area contributed by atoms with Crippen molar-refractivity contribution in [3.63, 3.8) is 0 Å². The van der Waals surface area contributed by atoms with E-state index in [1.54, 1.807) is 0 Å². The zero-order valence-electron chi connectivity index (χ0n) is 19.8. The molecule has 1 aromatic rings. The summed E-state index contributed by atoms with van der Waals surface area (Å²) in [6, 6.07) is 8.04. The van der Waals surface area contributed by atoms with Gasteiger partial charge in [-0.2, -0.15) is 0 Å². The van der Waals surface area contributed by atoms with Gasteiger partial charge in [-0.25, -0.2) is 4.99 Å². The molecule has 3 N–H and O–H groups in total. The first-order chi connectivity index (χ1) is 14.6. The number of carbonyl (C=O) groups is 1. The molecule has 8 heteroatoms. The van der Waals surface area contributed by atoms with Crippen LogP contribution < -0.4 is 20.7 Å². The maximum atomic E-state index is 12.2. The third-order valence-electron chi connectivity index (χ3n) is 4.62. The number of hydrogen-bond donors (Lipinski definition) is 3. The standard InChI is InChI=1S/C23H39N5O3/c1-17(2)31-20-9-7-19(8-10-20)26-22(25-16-21(29)27-23(4,5)6)24-15-18(3)28-11-13-30-14-12-28/h7-10,17-18H,11-16H2,1-6H3,(H,27,29)(H2,24,25,26). The van der Waals surface area contributed by atoms with Crippen molar-refractivity contribution in [1.29, 1.82) is 0 Å². The normalized spacial score (nSPS) is 16.7. The largest absolute Gasteiger partial charge is 0.491 e. The Hall–Kier alpha value is -2.32. The molecular weight excluding hydrogens is 394 g/mol. The Morgan fingerprint density at radius 2 is 1.81 bits per heavy atom. The minimum Gasteiger partial charge on any atom is -0.491 e. The maximum Gasteiger partial charge on any atom is 0.242 e. The predicted molar refractivity (Wildman–Crippen MR) is 126 cm³/mol. The number of guanidine groups is 1. The monoisotopic (exact) mass is 433 g/mol. The molecule has 0 spiro atoms. The van der Waals surface area contributed by atoms with Gasteiger partial charge in [-0.3, -0.25) is 9.69 Å². The van der Waals surface area contributed by atoms with Gasteiger partial charge in [0.25, 0.3) is 0 Å². The van der Waals surface area contributed by atoms with Crippen molar-refractivity contribution in [2.75, 3.05) is 44.7 Å². The molecule has 0 bridgehead atoms. The fourth-order valence-electron chi connectivity index (χ4n) is 3.17. The van der Waals surface area contributed by atoms with Crippen LogP contribution >= 0.6 is 0 Å². The summed E-state index contributed by atoms with van der Waals surface area (Å²) in [6.07, 6.45) is 0.126. The topological polar surface area (TPSA) is 87.2 Å². The number of ether oxygens (including phenoxy) is 2. The molecule has 2 rings (SSSR count). The number of rotatable bonds is 8. The van der Waals surface area contributed by atoms with Crippen molar-refractivity contribution < 1.29 is 14.3 Å². The van der Waals surface area contributed by atoms with E-state index in [1.165, 1.54) is 0 Å². The van der Waals surface area contributed by atoms with E-state index in [4.69, 9.17) is 9.47 Å². The zero-order chi connectivity index (χ0) is 22.9. The molecule has 31 heavy (non-hydrogen) atoms. The number of carbonyl (C=O) groups excluding carboxylic acids is 1. The van der Waals surface area contributed by atoms with Crippen LogP contribution in [-0.2, 0) is 9.53 Å². The smallest absolute Gasteiger partial charge is 0.242 e. The number of nitrogens with one attached hydrogen (secondary N) is 3. The fraction of sp³-hybridized carbons (Fsp3) is 0.652. The van der Waals surface area contributed by atoms with Gasteiger partial charge in [0.1, 0.15) is 12.3 Å². The summed E-state index contributed by atoms with van der Waals surface area (Å²) in [6.45, 7) is 16.2. The molecule has 1 amide bonds. The molecule has 1 aliphatic rings. The van der Waals surface area contributed by atoms with Crippen molar-refractivity contribution >= 4 is 17.6 Å². The van der Waals surface area contributed by atoms with Crippen molar-refractivity contribution in [3.8, 4) is 5.75 Å². The van der Waals surface area contributed by atoms with E-state index in [2.05, 4.69) is 32.8 Å². The summed E-state index contributed by atoms with van der Waals surface area (Å²) < 4.78 is 11.1. The van der Waals surface area contributed by atoms with Gasteiger partial charge in [0.15, 0.2) is 5.96 Å². The molecule has 0 radical (unpaired) electrons. The highest BCUT2D eigenvalue weighted by Gasteiger charge is 2.18. The third-order valence-corrected chi connectivity index (χ3v) is 4.62. The fourth-order valence-corrected chi connectivity index (χ4v) is 3.17. The van der Waals surface area contributed by atoms with Crippen LogP contribution in [0.3, 0.4) is 0 Å². The minimum atomic E-state index is -0.287. The molecule has 0 aromatic heterocycles. The molecule has 1 fully saturated rings. The molecule has 1 unspecified atom stereocenters. The number of nitrogens with zero attached hydrogens (tertiary/aromatic N) is 2. The van der Waals surface area contributed by atoms with E-state index in [9.17, 15) is 4.79 Å². The van der Waals surface area contributed by atoms with Crippen LogP contribution in [0, 0.1) is 0 Å². The van der Waals surface area contributed by atoms with Crippen molar-refractivity contribution in [2.24, 2.45) is 4.99 Å². The first kappa shape index (κ1) is 24.9. The van der Waals surface area contributed by atoms with Crippen LogP contribution in [0.4, 0.5) is 5.69 Å². The van der Waals surface area contributed by atoms with Crippen molar-refractivity contribution in [3.05, 3.63) is 24.3 Å². The quantitative estimate of drug-likeness (QED) is 0.431. The summed E-state index contributed by atoms with van der Waals surface area (Å²) in [5.74, 6) is 1.27. The Morgan fingerprint density at radius 3 is 2.39 bits per heavy atom. The molecule has 1 atom stereocenters. The highest BCUT2D eigenvalue weighted by molar-refractivity contribution is 5.95. The molecule has 1 aliphatic heterocycles. The number of hydrogen-bond acceptors (Lipinski definition) is 5. The second-order valence-electron chi connectivity index (χ2n) is 9.16. The number of anilines is 1. The average molecular weight is 434 g/mol. The summed E-state index contributed by atoms with van der Waals surface area (Å²) in [5, 5.41) is 9.61. The summed E-state index contributed by atoms with van der Waals surface area (Å²) >= 11 is 0. The molecule has 0 aliphatic carbocycles. The number of aliphatic imine (C=N–C) groups is 1.